The van der Waals surface area contributed by atoms with Crippen molar-refractivity contribution in [1.82, 2.24) is 10.3 Å². The summed E-state index contributed by atoms with van der Waals surface area (Å²) in [7, 11) is 0. The van der Waals surface area contributed by atoms with Crippen LogP contribution < -0.4 is 10.6 Å². The van der Waals surface area contributed by atoms with E-state index in [0.29, 0.717) is 0 Å². The Labute approximate surface area is 129 Å². The largest absolute Gasteiger partial charge is 0.331 e. The summed E-state index contributed by atoms with van der Waals surface area (Å²) in [6, 6.07) is 5.84. The van der Waals surface area contributed by atoms with Crippen molar-refractivity contribution in [3.8, 4) is 0 Å². The van der Waals surface area contributed by atoms with Crippen LogP contribution in [0.3, 0.4) is 0 Å². The number of rotatable bonds is 7. The highest BCUT2D eigenvalue weighted by Crippen LogP contribution is 2.26. The van der Waals surface area contributed by atoms with Crippen molar-refractivity contribution in [2.75, 3.05) is 18.4 Å². The number of aromatic nitrogens is 1. The molecule has 108 valence electrons. The van der Waals surface area contributed by atoms with Crippen molar-refractivity contribution < 1.29 is 0 Å². The fourth-order valence-corrected chi connectivity index (χ4v) is 2.77. The first-order valence-corrected chi connectivity index (χ1v) is 8.13. The van der Waals surface area contributed by atoms with Crippen LogP contribution in [0.2, 0.25) is 5.02 Å². The number of hydrogen-bond acceptors (Lipinski definition) is 4. The molecule has 0 bridgehead atoms. The van der Waals surface area contributed by atoms with Gasteiger partial charge in [-0.2, -0.15) is 0 Å². The second-order valence-electron chi connectivity index (χ2n) is 4.73. The summed E-state index contributed by atoms with van der Waals surface area (Å²) in [5.74, 6) is 0. The second kappa shape index (κ2) is 7.62. The van der Waals surface area contributed by atoms with Gasteiger partial charge in [-0.3, -0.25) is 0 Å². The minimum absolute atomic E-state index is 0.735. The van der Waals surface area contributed by atoms with Crippen LogP contribution in [-0.2, 0) is 6.42 Å². The molecule has 20 heavy (non-hydrogen) atoms. The summed E-state index contributed by atoms with van der Waals surface area (Å²) in [5.41, 5.74) is 3.30. The lowest BCUT2D eigenvalue weighted by atomic mass is 10.2. The van der Waals surface area contributed by atoms with Gasteiger partial charge in [-0.25, -0.2) is 4.98 Å². The number of halogens is 1. The molecular weight excluding hydrogens is 290 g/mol. The Balaban J connectivity index is 1.93. The van der Waals surface area contributed by atoms with Crippen molar-refractivity contribution in [2.45, 2.75) is 26.7 Å². The average Bonchev–Trinajstić information content (AvgIpc) is 2.87. The Morgan fingerprint density at radius 2 is 2.15 bits per heavy atom. The molecule has 2 rings (SSSR count). The predicted molar refractivity (Wildman–Crippen MR) is 88.5 cm³/mol. The minimum atomic E-state index is 0.735. The van der Waals surface area contributed by atoms with Crippen LogP contribution in [0.1, 0.15) is 24.6 Å². The van der Waals surface area contributed by atoms with E-state index in [2.05, 4.69) is 34.8 Å². The van der Waals surface area contributed by atoms with Gasteiger partial charge in [-0.1, -0.05) is 24.6 Å². The van der Waals surface area contributed by atoms with Gasteiger partial charge < -0.3 is 10.6 Å². The topological polar surface area (TPSA) is 37.0 Å². The van der Waals surface area contributed by atoms with E-state index in [0.717, 1.165) is 53.0 Å². The number of nitrogens with zero attached hydrogens (tertiary/aromatic N) is 1. The van der Waals surface area contributed by atoms with Crippen LogP contribution in [0.15, 0.2) is 23.6 Å². The van der Waals surface area contributed by atoms with Crippen LogP contribution >= 0.6 is 22.9 Å². The van der Waals surface area contributed by atoms with E-state index < -0.39 is 0 Å². The van der Waals surface area contributed by atoms with Crippen molar-refractivity contribution in [3.63, 3.8) is 0 Å². The van der Waals surface area contributed by atoms with Crippen LogP contribution in [0, 0.1) is 6.92 Å². The molecule has 0 amide bonds. The van der Waals surface area contributed by atoms with E-state index in [1.807, 2.05) is 18.2 Å². The lowest BCUT2D eigenvalue weighted by Gasteiger charge is -2.06. The predicted octanol–water partition coefficient (Wildman–Crippen LogP) is 4.39. The molecule has 1 aromatic heterocycles. The molecule has 0 saturated heterocycles. The van der Waals surface area contributed by atoms with Gasteiger partial charge in [0.25, 0.3) is 0 Å². The highest BCUT2D eigenvalue weighted by atomic mass is 35.5. The van der Waals surface area contributed by atoms with Crippen molar-refractivity contribution >= 4 is 33.8 Å². The normalized spacial score (nSPS) is 10.8. The van der Waals surface area contributed by atoms with E-state index in [1.165, 1.54) is 0 Å². The number of anilines is 2. The van der Waals surface area contributed by atoms with Crippen LogP contribution in [0.25, 0.3) is 0 Å². The molecular formula is C15H20ClN3S. The molecule has 3 nitrogen and oxygen atoms in total. The first-order chi connectivity index (χ1) is 9.69. The molecule has 0 radical (unpaired) electrons. The zero-order chi connectivity index (χ0) is 14.4. The maximum Gasteiger partial charge on any atom is 0.187 e. The van der Waals surface area contributed by atoms with Crippen molar-refractivity contribution in [2.24, 2.45) is 0 Å². The Bertz CT molecular complexity index is 554. The van der Waals surface area contributed by atoms with Crippen molar-refractivity contribution in [1.29, 1.82) is 0 Å². The van der Waals surface area contributed by atoms with Crippen LogP contribution in [0.5, 0.6) is 0 Å². The number of nitrogens with one attached hydrogen (secondary N) is 2. The van der Waals surface area contributed by atoms with Gasteiger partial charge in [0.1, 0.15) is 0 Å². The summed E-state index contributed by atoms with van der Waals surface area (Å²) in [6.45, 7) is 6.27. The Hall–Kier alpha value is -1.10. The highest BCUT2D eigenvalue weighted by molar-refractivity contribution is 7.13. The van der Waals surface area contributed by atoms with Crippen LogP contribution in [-0.4, -0.2) is 18.1 Å². The SMILES string of the molecule is CCCNCCc1csc(Nc2cc(Cl)ccc2C)n1. The first kappa shape index (κ1) is 15.3. The Morgan fingerprint density at radius 3 is 2.95 bits per heavy atom. The number of thiazole rings is 1. The summed E-state index contributed by atoms with van der Waals surface area (Å²) in [4.78, 5) is 4.60. The second-order valence-corrected chi connectivity index (χ2v) is 6.02. The van der Waals surface area contributed by atoms with Crippen molar-refractivity contribution in [3.05, 3.63) is 39.9 Å². The standard InChI is InChI=1S/C15H20ClN3S/c1-3-7-17-8-6-13-10-20-15(18-13)19-14-9-12(16)5-4-11(14)2/h4-5,9-10,17H,3,6-8H2,1-2H3,(H,18,19). The number of benzene rings is 1. The number of aryl methyl sites for hydroxylation is 1. The first-order valence-electron chi connectivity index (χ1n) is 6.87. The molecule has 1 heterocycles. The van der Waals surface area contributed by atoms with Gasteiger partial charge in [-0.15, -0.1) is 11.3 Å². The smallest absolute Gasteiger partial charge is 0.187 e. The van der Waals surface area contributed by atoms with E-state index in [1.54, 1.807) is 11.3 Å². The van der Waals surface area contributed by atoms with E-state index >= 15 is 0 Å². The van der Waals surface area contributed by atoms with E-state index in [-0.39, 0.29) is 0 Å². The molecule has 0 fully saturated rings. The molecule has 0 aliphatic carbocycles. The molecule has 1 aromatic carbocycles. The molecule has 2 N–H and O–H groups in total. The third-order valence-corrected chi connectivity index (χ3v) is 4.02. The highest BCUT2D eigenvalue weighted by Gasteiger charge is 2.05. The maximum absolute atomic E-state index is 6.02. The monoisotopic (exact) mass is 309 g/mol. The fraction of sp³-hybridized carbons (Fsp3) is 0.400. The van der Waals surface area contributed by atoms with Gasteiger partial charge in [0.2, 0.25) is 0 Å². The van der Waals surface area contributed by atoms with Gasteiger partial charge in [0, 0.05) is 29.1 Å². The molecule has 0 aliphatic heterocycles. The molecule has 0 saturated carbocycles. The summed E-state index contributed by atoms with van der Waals surface area (Å²) >= 11 is 7.65. The minimum Gasteiger partial charge on any atom is -0.331 e. The molecule has 0 unspecified atom stereocenters. The fourth-order valence-electron chi connectivity index (χ4n) is 1.84. The molecule has 0 aliphatic rings. The Kier molecular flexibility index (Phi) is 5.83. The van der Waals surface area contributed by atoms with Gasteiger partial charge in [-0.05, 0) is 37.6 Å². The summed E-state index contributed by atoms with van der Waals surface area (Å²) in [6.07, 6.45) is 2.13. The van der Waals surface area contributed by atoms with Crippen LogP contribution in [0.4, 0.5) is 10.8 Å². The van der Waals surface area contributed by atoms with Gasteiger partial charge >= 0.3 is 0 Å². The lowest BCUT2D eigenvalue weighted by Crippen LogP contribution is -2.17. The lowest BCUT2D eigenvalue weighted by molar-refractivity contribution is 0.667. The summed E-state index contributed by atoms with van der Waals surface area (Å²) < 4.78 is 0. The Morgan fingerprint density at radius 1 is 1.30 bits per heavy atom. The maximum atomic E-state index is 6.02. The zero-order valence-corrected chi connectivity index (χ0v) is 13.4. The quantitative estimate of drug-likeness (QED) is 0.745. The van der Waals surface area contributed by atoms with E-state index in [4.69, 9.17) is 11.6 Å². The van der Waals surface area contributed by atoms with Gasteiger partial charge in [0.05, 0.1) is 5.69 Å². The van der Waals surface area contributed by atoms with Gasteiger partial charge in [0.15, 0.2) is 5.13 Å². The van der Waals surface area contributed by atoms with E-state index in [9.17, 15) is 0 Å². The molecule has 0 atom stereocenters. The molecule has 0 spiro atoms. The molecule has 5 heteroatoms. The summed E-state index contributed by atoms with van der Waals surface area (Å²) in [5, 5.41) is 10.5. The number of hydrogen-bond donors (Lipinski definition) is 2. The molecule has 2 aromatic rings. The third kappa shape index (κ3) is 4.47. The average molecular weight is 310 g/mol. The zero-order valence-electron chi connectivity index (χ0n) is 11.9. The third-order valence-electron chi connectivity index (χ3n) is 2.98.